The molecule has 3 aliphatic rings. The van der Waals surface area contributed by atoms with Crippen molar-refractivity contribution in [3.8, 4) is 0 Å². The van der Waals surface area contributed by atoms with Crippen LogP contribution in [0.4, 0.5) is 0 Å². The third-order valence-electron chi connectivity index (χ3n) is 7.37. The third kappa shape index (κ3) is 3.43. The minimum atomic E-state index is -0.0794. The van der Waals surface area contributed by atoms with E-state index < -0.39 is 0 Å². The van der Waals surface area contributed by atoms with Crippen LogP contribution < -0.4 is 5.32 Å². The van der Waals surface area contributed by atoms with Crippen LogP contribution in [0.2, 0.25) is 0 Å². The first-order valence-corrected chi connectivity index (χ1v) is 11.2. The Bertz CT molecular complexity index is 883. The number of hydrogen-bond acceptors (Lipinski definition) is 3. The van der Waals surface area contributed by atoms with Crippen LogP contribution in [-0.4, -0.2) is 45.3 Å². The third-order valence-corrected chi connectivity index (χ3v) is 7.37. The molecule has 2 amide bonds. The molecule has 6 heteroatoms. The van der Waals surface area contributed by atoms with E-state index in [-0.39, 0.29) is 17.4 Å². The van der Waals surface area contributed by atoms with Gasteiger partial charge in [-0.25, -0.2) is 0 Å². The van der Waals surface area contributed by atoms with Crippen LogP contribution in [0.15, 0.2) is 24.5 Å². The van der Waals surface area contributed by atoms with Crippen molar-refractivity contribution in [1.82, 2.24) is 20.2 Å². The molecule has 6 nitrogen and oxygen atoms in total. The highest BCUT2D eigenvalue weighted by Crippen LogP contribution is 2.54. The topological polar surface area (TPSA) is 78.1 Å². The van der Waals surface area contributed by atoms with Crippen LogP contribution in [0.1, 0.15) is 68.3 Å². The van der Waals surface area contributed by atoms with Gasteiger partial charge in [-0.15, -0.1) is 0 Å². The van der Waals surface area contributed by atoms with Gasteiger partial charge in [-0.3, -0.25) is 14.6 Å². The first-order valence-electron chi connectivity index (χ1n) is 11.2. The molecule has 154 valence electrons. The molecule has 0 aromatic carbocycles. The number of likely N-dealkylation sites (tertiary alicyclic amines) is 1. The molecule has 1 spiro atoms. The first-order chi connectivity index (χ1) is 14.2. The predicted octanol–water partition coefficient (Wildman–Crippen LogP) is 3.64. The minimum Gasteiger partial charge on any atom is -0.350 e. The molecule has 2 saturated carbocycles. The maximum atomic E-state index is 13.2. The molecule has 2 unspecified atom stereocenters. The van der Waals surface area contributed by atoms with Crippen molar-refractivity contribution < 1.29 is 9.59 Å². The molecule has 0 radical (unpaired) electrons. The van der Waals surface area contributed by atoms with Crippen LogP contribution in [0.3, 0.4) is 0 Å². The smallest absolute Gasteiger partial charge is 0.267 e. The molecule has 0 bridgehead atoms. The van der Waals surface area contributed by atoms with Gasteiger partial charge in [0.15, 0.2) is 0 Å². The number of nitrogens with one attached hydrogen (secondary N) is 2. The maximum Gasteiger partial charge on any atom is 0.267 e. The van der Waals surface area contributed by atoms with Crippen LogP contribution in [0, 0.1) is 11.8 Å². The first kappa shape index (κ1) is 18.6. The van der Waals surface area contributed by atoms with Crippen LogP contribution in [0.5, 0.6) is 0 Å². The second-order valence-electron chi connectivity index (χ2n) is 9.14. The Kier molecular flexibility index (Phi) is 4.80. The number of hydrogen-bond donors (Lipinski definition) is 2. The fraction of sp³-hybridized carbons (Fsp3) is 0.609. The highest BCUT2D eigenvalue weighted by molar-refractivity contribution is 5.97. The van der Waals surface area contributed by atoms with Crippen molar-refractivity contribution in [3.05, 3.63) is 30.2 Å². The van der Waals surface area contributed by atoms with Crippen LogP contribution >= 0.6 is 0 Å². The maximum absolute atomic E-state index is 13.2. The number of nitrogens with zero attached hydrogens (tertiary/aromatic N) is 2. The van der Waals surface area contributed by atoms with E-state index in [0.29, 0.717) is 24.1 Å². The molecule has 2 aromatic rings. The zero-order valence-corrected chi connectivity index (χ0v) is 17.0. The number of carbonyl (C=O) groups excluding carboxylic acids is 2. The monoisotopic (exact) mass is 394 g/mol. The summed E-state index contributed by atoms with van der Waals surface area (Å²) in [5.74, 6) is 0.922. The van der Waals surface area contributed by atoms with Gasteiger partial charge in [-0.1, -0.05) is 19.3 Å². The van der Waals surface area contributed by atoms with Gasteiger partial charge < -0.3 is 15.2 Å². The van der Waals surface area contributed by atoms with Crippen molar-refractivity contribution in [2.24, 2.45) is 11.8 Å². The summed E-state index contributed by atoms with van der Waals surface area (Å²) in [5, 5.41) is 4.05. The summed E-state index contributed by atoms with van der Waals surface area (Å²) in [6, 6.07) is 3.72. The number of piperidine rings is 1. The normalized spacial score (nSPS) is 27.3. The fourth-order valence-electron chi connectivity index (χ4n) is 5.63. The number of pyridine rings is 1. The molecule has 2 atom stereocenters. The Morgan fingerprint density at radius 2 is 2.07 bits per heavy atom. The van der Waals surface area contributed by atoms with E-state index in [0.717, 1.165) is 49.6 Å². The van der Waals surface area contributed by atoms with E-state index in [9.17, 15) is 9.59 Å². The zero-order valence-electron chi connectivity index (χ0n) is 17.0. The molecule has 2 N–H and O–H groups in total. The van der Waals surface area contributed by atoms with Crippen molar-refractivity contribution in [2.45, 2.75) is 63.3 Å². The summed E-state index contributed by atoms with van der Waals surface area (Å²) in [4.78, 5) is 35.4. The summed E-state index contributed by atoms with van der Waals surface area (Å²) in [5.41, 5.74) is 1.50. The van der Waals surface area contributed by atoms with Gasteiger partial charge in [-0.2, -0.15) is 0 Å². The Labute approximate surface area is 171 Å². The number of amides is 2. The number of rotatable bonds is 4. The van der Waals surface area contributed by atoms with Gasteiger partial charge in [0.2, 0.25) is 5.91 Å². The van der Waals surface area contributed by atoms with E-state index >= 15 is 0 Å². The minimum absolute atomic E-state index is 0.00439. The molecule has 2 aliphatic carbocycles. The number of H-pyrrole nitrogens is 1. The fourth-order valence-corrected chi connectivity index (χ4v) is 5.63. The number of aromatic amines is 1. The average Bonchev–Trinajstić information content (AvgIpc) is 3.25. The highest BCUT2D eigenvalue weighted by atomic mass is 16.2. The quantitative estimate of drug-likeness (QED) is 0.831. The van der Waals surface area contributed by atoms with Crippen molar-refractivity contribution >= 4 is 22.7 Å². The lowest BCUT2D eigenvalue weighted by Crippen LogP contribution is -2.50. The Morgan fingerprint density at radius 3 is 2.90 bits per heavy atom. The van der Waals surface area contributed by atoms with Crippen LogP contribution in [-0.2, 0) is 4.79 Å². The van der Waals surface area contributed by atoms with Gasteiger partial charge >= 0.3 is 0 Å². The summed E-state index contributed by atoms with van der Waals surface area (Å²) in [6.07, 6.45) is 13.7. The SMILES string of the molecule is O=C(NCC1CC12CCCCN2C(=O)C1CCCCC1)c1cc2cnccc2[nH]1. The molecule has 5 rings (SSSR count). The van der Waals surface area contributed by atoms with Gasteiger partial charge in [0, 0.05) is 53.8 Å². The molecular weight excluding hydrogens is 364 g/mol. The van der Waals surface area contributed by atoms with Gasteiger partial charge in [0.05, 0.1) is 0 Å². The van der Waals surface area contributed by atoms with Gasteiger partial charge in [0.25, 0.3) is 5.91 Å². The lowest BCUT2D eigenvalue weighted by molar-refractivity contribution is -0.141. The Morgan fingerprint density at radius 1 is 1.21 bits per heavy atom. The van der Waals surface area contributed by atoms with Crippen LogP contribution in [0.25, 0.3) is 10.9 Å². The van der Waals surface area contributed by atoms with Crippen molar-refractivity contribution in [3.63, 3.8) is 0 Å². The molecular formula is C23H30N4O2. The Balaban J connectivity index is 1.23. The molecule has 2 aromatic heterocycles. The van der Waals surface area contributed by atoms with E-state index in [1.807, 2.05) is 12.1 Å². The van der Waals surface area contributed by atoms with Gasteiger partial charge in [-0.05, 0) is 50.7 Å². The lowest BCUT2D eigenvalue weighted by atomic mass is 9.86. The highest BCUT2D eigenvalue weighted by Gasteiger charge is 2.60. The summed E-state index contributed by atoms with van der Waals surface area (Å²) in [6.45, 7) is 1.54. The predicted molar refractivity (Wildman–Crippen MR) is 111 cm³/mol. The zero-order chi connectivity index (χ0) is 19.8. The molecule has 1 saturated heterocycles. The lowest BCUT2D eigenvalue weighted by Gasteiger charge is -2.40. The van der Waals surface area contributed by atoms with E-state index in [4.69, 9.17) is 0 Å². The molecule has 1 aliphatic heterocycles. The van der Waals surface area contributed by atoms with E-state index in [1.54, 1.807) is 12.4 Å². The summed E-state index contributed by atoms with van der Waals surface area (Å²) < 4.78 is 0. The molecule has 29 heavy (non-hydrogen) atoms. The van der Waals surface area contributed by atoms with Crippen molar-refractivity contribution in [1.29, 1.82) is 0 Å². The largest absolute Gasteiger partial charge is 0.350 e. The molecule has 3 fully saturated rings. The van der Waals surface area contributed by atoms with Crippen molar-refractivity contribution in [2.75, 3.05) is 13.1 Å². The average molecular weight is 395 g/mol. The number of carbonyl (C=O) groups is 2. The van der Waals surface area contributed by atoms with E-state index in [2.05, 4.69) is 20.2 Å². The summed E-state index contributed by atoms with van der Waals surface area (Å²) in [7, 11) is 0. The number of aromatic nitrogens is 2. The molecule has 3 heterocycles. The summed E-state index contributed by atoms with van der Waals surface area (Å²) >= 11 is 0. The second kappa shape index (κ2) is 7.47. The standard InChI is InChI=1S/C23H30N4O2/c28-21(20-12-17-14-24-10-8-19(17)26-20)25-15-18-13-23(18)9-4-5-11-27(23)22(29)16-6-2-1-3-7-16/h8,10,12,14,16,18,26H,1-7,9,11,13,15H2,(H,25,28). The van der Waals surface area contributed by atoms with E-state index in [1.165, 1.54) is 25.7 Å². The number of fused-ring (bicyclic) bond motifs is 1. The second-order valence-corrected chi connectivity index (χ2v) is 9.14. The Hall–Kier alpha value is -2.37. The van der Waals surface area contributed by atoms with Gasteiger partial charge in [0.1, 0.15) is 5.69 Å².